The third-order valence-corrected chi connectivity index (χ3v) is 22.5. The standard InChI is InChI=1S/C22H56O4Si5.4CH4/c1-14-22(2)20-18-16-15-17-19-21-31(13,24-28(6,7)8)26-30(11,12)25-29(9,10)23-27(3,4)5;;;;/h22H,14-21H2,1-13H3;4*1H4. The highest BCUT2D eigenvalue weighted by atomic mass is 28.5. The molecule has 220 valence electrons. The summed E-state index contributed by atoms with van der Waals surface area (Å²) in [4.78, 5) is 0. The molecule has 0 aromatic rings. The quantitative estimate of drug-likeness (QED) is 0.125. The monoisotopic (exact) mass is 588 g/mol. The molecule has 0 aromatic carbocycles. The Morgan fingerprint density at radius 1 is 0.514 bits per heavy atom. The van der Waals surface area contributed by atoms with Gasteiger partial charge in [0.15, 0.2) is 16.6 Å². The maximum atomic E-state index is 6.86. The van der Waals surface area contributed by atoms with E-state index < -0.39 is 42.3 Å². The average Bonchev–Trinajstić information content (AvgIpc) is 2.47. The summed E-state index contributed by atoms with van der Waals surface area (Å²) in [5.74, 6) is 0.874. The molecule has 0 aliphatic carbocycles. The Balaban J connectivity index is -0.000000750. The molecule has 0 radical (unpaired) electrons. The first-order chi connectivity index (χ1) is 13.8. The summed E-state index contributed by atoms with van der Waals surface area (Å²) >= 11 is 0. The summed E-state index contributed by atoms with van der Waals surface area (Å²) in [7, 11) is -10.2. The molecular weight excluding hydrogens is 517 g/mol. The van der Waals surface area contributed by atoms with Crippen molar-refractivity contribution >= 4 is 42.3 Å². The maximum absolute atomic E-state index is 6.86. The van der Waals surface area contributed by atoms with E-state index in [4.69, 9.17) is 16.5 Å². The van der Waals surface area contributed by atoms with Crippen LogP contribution in [0.25, 0.3) is 0 Å². The fraction of sp³-hybridized carbons (Fsp3) is 1.00. The van der Waals surface area contributed by atoms with Gasteiger partial charge in [0.25, 0.3) is 0 Å². The molecule has 0 fully saturated rings. The lowest BCUT2D eigenvalue weighted by atomic mass is 10.0. The highest BCUT2D eigenvalue weighted by Crippen LogP contribution is 2.29. The zero-order valence-corrected chi connectivity index (χ0v) is 28.4. The largest absolute Gasteiger partial charge is 0.437 e. The third kappa shape index (κ3) is 26.3. The van der Waals surface area contributed by atoms with Crippen LogP contribution in [0.4, 0.5) is 0 Å². The molecular formula is C26H72O4Si5. The van der Waals surface area contributed by atoms with E-state index in [9.17, 15) is 0 Å². The molecule has 0 saturated carbocycles. The highest BCUT2D eigenvalue weighted by molar-refractivity contribution is 6.90. The first-order valence-electron chi connectivity index (χ1n) is 12.6. The zero-order chi connectivity index (χ0) is 24.6. The van der Waals surface area contributed by atoms with Crippen LogP contribution in [0.3, 0.4) is 0 Å². The fourth-order valence-electron chi connectivity index (χ4n) is 4.33. The number of hydrogen-bond acceptors (Lipinski definition) is 4. The van der Waals surface area contributed by atoms with Crippen molar-refractivity contribution in [3.8, 4) is 0 Å². The molecule has 0 spiro atoms. The summed E-state index contributed by atoms with van der Waals surface area (Å²) in [5.41, 5.74) is 0. The van der Waals surface area contributed by atoms with Gasteiger partial charge in [-0.05, 0) is 84.0 Å². The molecule has 0 bridgehead atoms. The summed E-state index contributed by atoms with van der Waals surface area (Å²) in [6, 6.07) is 1.07. The Morgan fingerprint density at radius 3 is 1.34 bits per heavy atom. The Kier molecular flexibility index (Phi) is 24.9. The first-order valence-corrected chi connectivity index (χ1v) is 27.6. The lowest BCUT2D eigenvalue weighted by Crippen LogP contribution is -2.59. The number of unbranched alkanes of at least 4 members (excludes halogenated alkanes) is 4. The first kappa shape index (κ1) is 45.8. The minimum Gasteiger partial charge on any atom is -0.437 e. The molecule has 0 N–H and O–H groups in total. The zero-order valence-electron chi connectivity index (χ0n) is 23.4. The van der Waals surface area contributed by atoms with E-state index >= 15 is 0 Å². The number of hydrogen-bond donors (Lipinski definition) is 0. The van der Waals surface area contributed by atoms with Crippen molar-refractivity contribution in [2.45, 2.75) is 167 Å². The van der Waals surface area contributed by atoms with Crippen LogP contribution in [0.1, 0.15) is 88.5 Å². The van der Waals surface area contributed by atoms with E-state index in [0.29, 0.717) is 0 Å². The molecule has 0 aliphatic rings. The van der Waals surface area contributed by atoms with Crippen LogP contribution in [0.2, 0.25) is 78.1 Å². The van der Waals surface area contributed by atoms with Gasteiger partial charge < -0.3 is 16.5 Å². The SMILES string of the molecule is C.C.C.C.CCC(C)CCCCCCC[Si](C)(O[Si](C)(C)C)O[Si](C)(C)O[Si](C)(C)O[Si](C)(C)C. The lowest BCUT2D eigenvalue weighted by Gasteiger charge is -2.42. The van der Waals surface area contributed by atoms with Gasteiger partial charge in [0.05, 0.1) is 0 Å². The summed E-state index contributed by atoms with van der Waals surface area (Å²) in [6.45, 7) is 29.2. The van der Waals surface area contributed by atoms with Gasteiger partial charge in [0, 0.05) is 0 Å². The molecule has 0 amide bonds. The number of rotatable bonds is 17. The van der Waals surface area contributed by atoms with Crippen molar-refractivity contribution < 1.29 is 16.5 Å². The molecule has 0 saturated heterocycles. The van der Waals surface area contributed by atoms with Crippen molar-refractivity contribution in [2.75, 3.05) is 0 Å². The van der Waals surface area contributed by atoms with Gasteiger partial charge in [0.2, 0.25) is 0 Å². The van der Waals surface area contributed by atoms with E-state index in [1.807, 2.05) is 0 Å². The second-order valence-electron chi connectivity index (χ2n) is 12.4. The lowest BCUT2D eigenvalue weighted by molar-refractivity contribution is 0.294. The summed E-state index contributed by atoms with van der Waals surface area (Å²) in [5, 5.41) is 0. The third-order valence-electron chi connectivity index (χ3n) is 5.05. The Bertz CT molecular complexity index is 505. The van der Waals surface area contributed by atoms with Gasteiger partial charge in [-0.15, -0.1) is 0 Å². The highest BCUT2D eigenvalue weighted by Gasteiger charge is 2.46. The van der Waals surface area contributed by atoms with Gasteiger partial charge in [0.1, 0.15) is 0 Å². The van der Waals surface area contributed by atoms with Crippen LogP contribution in [-0.4, -0.2) is 42.3 Å². The molecule has 2 atom stereocenters. The normalized spacial score (nSPS) is 15.0. The van der Waals surface area contributed by atoms with Gasteiger partial charge in [-0.25, -0.2) is 0 Å². The Morgan fingerprint density at radius 2 is 0.914 bits per heavy atom. The van der Waals surface area contributed by atoms with Crippen molar-refractivity contribution in [3.05, 3.63) is 0 Å². The smallest absolute Gasteiger partial charge is 0.315 e. The van der Waals surface area contributed by atoms with Crippen molar-refractivity contribution in [1.29, 1.82) is 0 Å². The Hall–Kier alpha value is 0.924. The van der Waals surface area contributed by atoms with E-state index in [-0.39, 0.29) is 29.7 Å². The second kappa shape index (κ2) is 19.1. The molecule has 35 heavy (non-hydrogen) atoms. The molecule has 0 rings (SSSR count). The van der Waals surface area contributed by atoms with Crippen molar-refractivity contribution in [1.82, 2.24) is 0 Å². The van der Waals surface area contributed by atoms with E-state index in [0.717, 1.165) is 12.0 Å². The van der Waals surface area contributed by atoms with Crippen LogP contribution in [-0.2, 0) is 16.5 Å². The van der Waals surface area contributed by atoms with Gasteiger partial charge in [-0.2, -0.15) is 0 Å². The predicted molar refractivity (Wildman–Crippen MR) is 177 cm³/mol. The topological polar surface area (TPSA) is 36.9 Å². The van der Waals surface area contributed by atoms with Crippen LogP contribution in [0, 0.1) is 5.92 Å². The minimum atomic E-state index is -2.35. The summed E-state index contributed by atoms with van der Waals surface area (Å²) in [6.07, 6.45) is 9.22. The van der Waals surface area contributed by atoms with Gasteiger partial charge >= 0.3 is 25.7 Å². The summed E-state index contributed by atoms with van der Waals surface area (Å²) < 4.78 is 26.7. The van der Waals surface area contributed by atoms with Crippen molar-refractivity contribution in [2.24, 2.45) is 5.92 Å². The Labute approximate surface area is 230 Å². The van der Waals surface area contributed by atoms with E-state index in [1.165, 1.54) is 44.9 Å². The maximum Gasteiger partial charge on any atom is 0.315 e. The average molecular weight is 589 g/mol. The van der Waals surface area contributed by atoms with Gasteiger partial charge in [-0.1, -0.05) is 88.5 Å². The second-order valence-corrected chi connectivity index (χ2v) is 32.5. The molecule has 0 aliphatic heterocycles. The van der Waals surface area contributed by atoms with Gasteiger partial charge in [-0.3, -0.25) is 0 Å². The fourth-order valence-corrected chi connectivity index (χ4v) is 27.6. The molecule has 0 aromatic heterocycles. The van der Waals surface area contributed by atoms with Crippen LogP contribution in [0.15, 0.2) is 0 Å². The molecule has 9 heteroatoms. The van der Waals surface area contributed by atoms with Crippen LogP contribution in [0.5, 0.6) is 0 Å². The van der Waals surface area contributed by atoms with Crippen molar-refractivity contribution in [3.63, 3.8) is 0 Å². The molecule has 0 heterocycles. The predicted octanol–water partition coefficient (Wildman–Crippen LogP) is 11.1. The van der Waals surface area contributed by atoms with Crippen LogP contribution < -0.4 is 0 Å². The van der Waals surface area contributed by atoms with E-state index in [2.05, 4.69) is 85.9 Å². The molecule has 4 nitrogen and oxygen atoms in total. The minimum absolute atomic E-state index is 0. The van der Waals surface area contributed by atoms with E-state index in [1.54, 1.807) is 0 Å². The molecule has 2 unspecified atom stereocenters. The van der Waals surface area contributed by atoms with Crippen LogP contribution >= 0.6 is 0 Å².